The van der Waals surface area contributed by atoms with Crippen molar-refractivity contribution < 1.29 is 12.8 Å². The molecule has 1 unspecified atom stereocenters. The highest BCUT2D eigenvalue weighted by Gasteiger charge is 2.35. The Bertz CT molecular complexity index is 587. The average molecular weight is 300 g/mol. The summed E-state index contributed by atoms with van der Waals surface area (Å²) in [6, 6.07) is 4.07. The van der Waals surface area contributed by atoms with Gasteiger partial charge in [0, 0.05) is 19.6 Å². The Kier molecular flexibility index (Phi) is 4.46. The van der Waals surface area contributed by atoms with Gasteiger partial charge in [-0.2, -0.15) is 4.31 Å². The lowest BCUT2D eigenvalue weighted by Crippen LogP contribution is -2.30. The van der Waals surface area contributed by atoms with Gasteiger partial charge in [-0.25, -0.2) is 12.8 Å². The quantitative estimate of drug-likeness (QED) is 0.924. The number of benzene rings is 1. The molecular formula is C14H21FN2O2S. The Morgan fingerprint density at radius 2 is 2.15 bits per heavy atom. The third kappa shape index (κ3) is 2.87. The van der Waals surface area contributed by atoms with Crippen LogP contribution in [0.5, 0.6) is 0 Å². The van der Waals surface area contributed by atoms with E-state index in [0.717, 1.165) is 6.42 Å². The van der Waals surface area contributed by atoms with Crippen LogP contribution in [-0.4, -0.2) is 25.8 Å². The highest BCUT2D eigenvalue weighted by Crippen LogP contribution is 2.29. The van der Waals surface area contributed by atoms with Gasteiger partial charge < -0.3 is 5.73 Å². The molecule has 0 aliphatic carbocycles. The van der Waals surface area contributed by atoms with E-state index in [1.807, 2.05) is 0 Å². The van der Waals surface area contributed by atoms with Gasteiger partial charge >= 0.3 is 0 Å². The fourth-order valence-electron chi connectivity index (χ4n) is 2.54. The maximum atomic E-state index is 14.0. The van der Waals surface area contributed by atoms with E-state index in [-0.39, 0.29) is 11.4 Å². The van der Waals surface area contributed by atoms with Crippen molar-refractivity contribution in [2.24, 2.45) is 17.6 Å². The number of nitrogens with zero attached hydrogens (tertiary/aromatic N) is 1. The van der Waals surface area contributed by atoms with Crippen molar-refractivity contribution in [2.75, 3.05) is 13.1 Å². The van der Waals surface area contributed by atoms with Crippen LogP contribution in [0.1, 0.15) is 25.8 Å². The summed E-state index contributed by atoms with van der Waals surface area (Å²) >= 11 is 0. The van der Waals surface area contributed by atoms with Crippen LogP contribution in [0.25, 0.3) is 0 Å². The third-order valence-electron chi connectivity index (χ3n) is 3.98. The Morgan fingerprint density at radius 1 is 1.45 bits per heavy atom. The predicted molar refractivity (Wildman–Crippen MR) is 76.0 cm³/mol. The van der Waals surface area contributed by atoms with E-state index in [9.17, 15) is 12.8 Å². The topological polar surface area (TPSA) is 63.4 Å². The van der Waals surface area contributed by atoms with Gasteiger partial charge in [0.1, 0.15) is 10.7 Å². The monoisotopic (exact) mass is 300 g/mol. The fraction of sp³-hybridized carbons (Fsp3) is 0.571. The van der Waals surface area contributed by atoms with Crippen molar-refractivity contribution >= 4 is 10.0 Å². The van der Waals surface area contributed by atoms with E-state index in [1.165, 1.54) is 16.4 Å². The van der Waals surface area contributed by atoms with Crippen molar-refractivity contribution in [1.82, 2.24) is 4.31 Å². The number of rotatable bonds is 4. The first-order chi connectivity index (χ1) is 9.36. The zero-order valence-electron chi connectivity index (χ0n) is 11.8. The van der Waals surface area contributed by atoms with E-state index in [0.29, 0.717) is 30.5 Å². The predicted octanol–water partition coefficient (Wildman–Crippen LogP) is 1.95. The highest BCUT2D eigenvalue weighted by atomic mass is 32.2. The van der Waals surface area contributed by atoms with Gasteiger partial charge in [-0.15, -0.1) is 0 Å². The summed E-state index contributed by atoms with van der Waals surface area (Å²) in [4.78, 5) is -0.251. The number of nitrogens with two attached hydrogens (primary N) is 1. The minimum absolute atomic E-state index is 0.191. The molecular weight excluding hydrogens is 279 g/mol. The Hall–Kier alpha value is -0.980. The van der Waals surface area contributed by atoms with Crippen molar-refractivity contribution in [3.63, 3.8) is 0 Å². The summed E-state index contributed by atoms with van der Waals surface area (Å²) in [6.45, 7) is 5.28. The first-order valence-electron chi connectivity index (χ1n) is 6.85. The van der Waals surface area contributed by atoms with Gasteiger partial charge in [-0.1, -0.05) is 19.9 Å². The summed E-state index contributed by atoms with van der Waals surface area (Å²) in [6.07, 6.45) is 0.833. The molecule has 1 heterocycles. The highest BCUT2D eigenvalue weighted by molar-refractivity contribution is 7.89. The summed E-state index contributed by atoms with van der Waals surface area (Å²) in [7, 11) is -3.74. The lowest BCUT2D eigenvalue weighted by atomic mass is 9.96. The van der Waals surface area contributed by atoms with Crippen molar-refractivity contribution in [2.45, 2.75) is 31.7 Å². The van der Waals surface area contributed by atoms with E-state index in [2.05, 4.69) is 13.8 Å². The van der Waals surface area contributed by atoms with Crippen molar-refractivity contribution in [1.29, 1.82) is 0 Å². The van der Waals surface area contributed by atoms with Gasteiger partial charge in [-0.3, -0.25) is 0 Å². The lowest BCUT2D eigenvalue weighted by Gasteiger charge is -2.18. The SMILES string of the molecule is CC(C)C1CCN(S(=O)(=O)c2ccc(CN)cc2F)C1. The fourth-order valence-corrected chi connectivity index (χ4v) is 4.09. The van der Waals surface area contributed by atoms with Gasteiger partial charge in [0.05, 0.1) is 0 Å². The van der Waals surface area contributed by atoms with Crippen LogP contribution in [-0.2, 0) is 16.6 Å². The zero-order valence-corrected chi connectivity index (χ0v) is 12.7. The molecule has 1 saturated heterocycles. The van der Waals surface area contributed by atoms with Gasteiger partial charge in [0.15, 0.2) is 0 Å². The molecule has 0 aromatic heterocycles. The van der Waals surface area contributed by atoms with E-state index >= 15 is 0 Å². The first-order valence-corrected chi connectivity index (χ1v) is 8.29. The molecule has 0 spiro atoms. The van der Waals surface area contributed by atoms with Gasteiger partial charge in [0.2, 0.25) is 10.0 Å². The third-order valence-corrected chi connectivity index (χ3v) is 5.88. The maximum Gasteiger partial charge on any atom is 0.245 e. The van der Waals surface area contributed by atoms with Crippen LogP contribution in [0, 0.1) is 17.7 Å². The summed E-state index contributed by atoms with van der Waals surface area (Å²) in [5, 5.41) is 0. The molecule has 1 aliphatic heterocycles. The molecule has 0 radical (unpaired) electrons. The van der Waals surface area contributed by atoms with Crippen LogP contribution in [0.2, 0.25) is 0 Å². The van der Waals surface area contributed by atoms with E-state index in [1.54, 1.807) is 6.07 Å². The molecule has 2 rings (SSSR count). The number of hydrogen-bond donors (Lipinski definition) is 1. The smallest absolute Gasteiger partial charge is 0.245 e. The largest absolute Gasteiger partial charge is 0.326 e. The molecule has 0 amide bonds. The lowest BCUT2D eigenvalue weighted by molar-refractivity contribution is 0.387. The molecule has 6 heteroatoms. The summed E-state index contributed by atoms with van der Waals surface area (Å²) in [5.74, 6) is 0.0526. The zero-order chi connectivity index (χ0) is 14.9. The molecule has 1 aromatic rings. The van der Waals surface area contributed by atoms with Crippen LogP contribution >= 0.6 is 0 Å². The van der Waals surface area contributed by atoms with Crippen LogP contribution < -0.4 is 5.73 Å². The maximum absolute atomic E-state index is 14.0. The number of sulfonamides is 1. The normalized spacial score (nSPS) is 20.8. The molecule has 4 nitrogen and oxygen atoms in total. The molecule has 112 valence electrons. The second-order valence-corrected chi connectivity index (χ2v) is 7.53. The molecule has 20 heavy (non-hydrogen) atoms. The number of halogens is 1. The molecule has 1 fully saturated rings. The molecule has 2 N–H and O–H groups in total. The van der Waals surface area contributed by atoms with E-state index in [4.69, 9.17) is 5.73 Å². The second-order valence-electron chi connectivity index (χ2n) is 5.62. The Morgan fingerprint density at radius 3 is 2.65 bits per heavy atom. The minimum atomic E-state index is -3.74. The second kappa shape index (κ2) is 5.79. The van der Waals surface area contributed by atoms with Crippen LogP contribution in [0.3, 0.4) is 0 Å². The standard InChI is InChI=1S/C14H21FN2O2S/c1-10(2)12-5-6-17(9-12)20(18,19)14-4-3-11(8-16)7-13(14)15/h3-4,7,10,12H,5-6,8-9,16H2,1-2H3. The number of hydrogen-bond acceptors (Lipinski definition) is 3. The van der Waals surface area contributed by atoms with E-state index < -0.39 is 15.8 Å². The van der Waals surface area contributed by atoms with Crippen molar-refractivity contribution in [3.8, 4) is 0 Å². The molecule has 0 bridgehead atoms. The summed E-state index contributed by atoms with van der Waals surface area (Å²) in [5.41, 5.74) is 6.01. The van der Waals surface area contributed by atoms with Crippen LogP contribution in [0.15, 0.2) is 23.1 Å². The Balaban J connectivity index is 2.27. The molecule has 1 aromatic carbocycles. The first kappa shape index (κ1) is 15.4. The molecule has 1 aliphatic rings. The molecule has 0 saturated carbocycles. The summed E-state index contributed by atoms with van der Waals surface area (Å²) < 4.78 is 40.3. The van der Waals surface area contributed by atoms with Crippen LogP contribution in [0.4, 0.5) is 4.39 Å². The Labute approximate surface area is 119 Å². The molecule has 1 atom stereocenters. The minimum Gasteiger partial charge on any atom is -0.326 e. The average Bonchev–Trinajstić information content (AvgIpc) is 2.88. The van der Waals surface area contributed by atoms with Gasteiger partial charge in [-0.05, 0) is 36.0 Å². The van der Waals surface area contributed by atoms with Crippen molar-refractivity contribution in [3.05, 3.63) is 29.6 Å². The van der Waals surface area contributed by atoms with Gasteiger partial charge in [0.25, 0.3) is 0 Å².